The van der Waals surface area contributed by atoms with Gasteiger partial charge in [-0.25, -0.2) is 4.79 Å². The first kappa shape index (κ1) is 15.6. The third kappa shape index (κ3) is 4.98. The van der Waals surface area contributed by atoms with Crippen molar-refractivity contribution in [2.75, 3.05) is 31.6 Å². The number of aliphatic carboxylic acids is 1. The van der Waals surface area contributed by atoms with E-state index in [1.807, 2.05) is 6.26 Å². The first-order valence-corrected chi connectivity index (χ1v) is 7.48. The molecule has 0 aromatic rings. The molecule has 0 radical (unpaired) electrons. The van der Waals surface area contributed by atoms with Crippen LogP contribution in [-0.4, -0.2) is 65.6 Å². The van der Waals surface area contributed by atoms with Crippen molar-refractivity contribution in [1.29, 1.82) is 0 Å². The van der Waals surface area contributed by atoms with Gasteiger partial charge in [-0.05, 0) is 18.4 Å². The molecule has 8 heteroatoms. The van der Waals surface area contributed by atoms with Gasteiger partial charge in [0.1, 0.15) is 6.04 Å². The predicted octanol–water partition coefficient (Wildman–Crippen LogP) is -0.276. The predicted molar refractivity (Wildman–Crippen MR) is 72.2 cm³/mol. The molecule has 108 valence electrons. The Morgan fingerprint density at radius 2 is 2.32 bits per heavy atom. The lowest BCUT2D eigenvalue weighted by molar-refractivity contribution is -0.142. The Labute approximate surface area is 116 Å². The van der Waals surface area contributed by atoms with Crippen molar-refractivity contribution < 1.29 is 19.5 Å². The van der Waals surface area contributed by atoms with E-state index in [9.17, 15) is 14.4 Å². The van der Waals surface area contributed by atoms with Gasteiger partial charge in [0.2, 0.25) is 5.91 Å². The molecule has 1 unspecified atom stereocenters. The van der Waals surface area contributed by atoms with Crippen molar-refractivity contribution in [2.45, 2.75) is 18.9 Å². The lowest BCUT2D eigenvalue weighted by Crippen LogP contribution is -2.60. The number of thioether (sulfide) groups is 1. The molecule has 0 saturated carbocycles. The normalized spacial score (nSPS) is 18.9. The van der Waals surface area contributed by atoms with Crippen LogP contribution in [0.25, 0.3) is 0 Å². The Hall–Kier alpha value is -1.44. The summed E-state index contributed by atoms with van der Waals surface area (Å²) in [5.74, 6) is -0.561. The number of piperazine rings is 1. The topological polar surface area (TPSA) is 98.7 Å². The number of nitrogens with zero attached hydrogens (tertiary/aromatic N) is 1. The van der Waals surface area contributed by atoms with Gasteiger partial charge in [-0.2, -0.15) is 11.8 Å². The summed E-state index contributed by atoms with van der Waals surface area (Å²) >= 11 is 1.69. The number of carbonyl (C=O) groups is 3. The van der Waals surface area contributed by atoms with Crippen LogP contribution in [0, 0.1) is 0 Å². The molecular weight excluding hydrogens is 270 g/mol. The lowest BCUT2D eigenvalue weighted by atomic mass is 10.1. The van der Waals surface area contributed by atoms with E-state index in [2.05, 4.69) is 10.6 Å². The monoisotopic (exact) mass is 289 g/mol. The Bertz CT molecular complexity index is 351. The maximum absolute atomic E-state index is 11.9. The van der Waals surface area contributed by atoms with Crippen molar-refractivity contribution in [3.8, 4) is 0 Å². The third-order valence-electron chi connectivity index (χ3n) is 2.76. The molecule has 0 aromatic heterocycles. The number of hydrogen-bond acceptors (Lipinski definition) is 4. The molecule has 1 aliphatic rings. The highest BCUT2D eigenvalue weighted by Crippen LogP contribution is 2.09. The second-order valence-corrected chi connectivity index (χ2v) is 5.16. The minimum Gasteiger partial charge on any atom is -0.481 e. The molecule has 1 rings (SSSR count). The quantitative estimate of drug-likeness (QED) is 0.584. The smallest absolute Gasteiger partial charge is 0.318 e. The third-order valence-corrected chi connectivity index (χ3v) is 3.46. The Kier molecular flexibility index (Phi) is 6.48. The number of carbonyl (C=O) groups excluding carboxylic acids is 2. The van der Waals surface area contributed by atoms with Gasteiger partial charge >= 0.3 is 12.0 Å². The summed E-state index contributed by atoms with van der Waals surface area (Å²) in [6, 6.07) is -1.30. The Morgan fingerprint density at radius 3 is 2.95 bits per heavy atom. The van der Waals surface area contributed by atoms with Crippen LogP contribution >= 0.6 is 11.8 Å². The Morgan fingerprint density at radius 1 is 1.58 bits per heavy atom. The summed E-state index contributed by atoms with van der Waals surface area (Å²) in [6.45, 7) is 1.21. The molecule has 0 bridgehead atoms. The van der Waals surface area contributed by atoms with E-state index >= 15 is 0 Å². The van der Waals surface area contributed by atoms with Crippen LogP contribution in [0.1, 0.15) is 12.8 Å². The van der Waals surface area contributed by atoms with Gasteiger partial charge in [0.15, 0.2) is 0 Å². The second-order valence-electron chi connectivity index (χ2n) is 4.18. The van der Waals surface area contributed by atoms with Crippen LogP contribution in [0.2, 0.25) is 0 Å². The molecule has 0 aliphatic carbocycles. The van der Waals surface area contributed by atoms with Crippen molar-refractivity contribution in [1.82, 2.24) is 15.5 Å². The number of hydrogen-bond donors (Lipinski definition) is 3. The van der Waals surface area contributed by atoms with E-state index in [0.717, 1.165) is 12.2 Å². The van der Waals surface area contributed by atoms with Crippen LogP contribution < -0.4 is 10.6 Å². The average molecular weight is 289 g/mol. The summed E-state index contributed by atoms with van der Waals surface area (Å²) in [5, 5.41) is 14.1. The number of urea groups is 1. The van der Waals surface area contributed by atoms with E-state index in [0.29, 0.717) is 19.6 Å². The second kappa shape index (κ2) is 7.88. The summed E-state index contributed by atoms with van der Waals surface area (Å²) in [7, 11) is 0. The molecule has 7 nitrogen and oxygen atoms in total. The maximum Gasteiger partial charge on any atom is 0.318 e. The molecule has 0 aromatic carbocycles. The van der Waals surface area contributed by atoms with E-state index in [1.165, 1.54) is 4.90 Å². The average Bonchev–Trinajstić information content (AvgIpc) is 2.36. The highest BCUT2D eigenvalue weighted by molar-refractivity contribution is 7.98. The molecule has 3 N–H and O–H groups in total. The zero-order chi connectivity index (χ0) is 14.3. The summed E-state index contributed by atoms with van der Waals surface area (Å²) < 4.78 is 0. The van der Waals surface area contributed by atoms with Gasteiger partial charge in [-0.15, -0.1) is 0 Å². The van der Waals surface area contributed by atoms with Gasteiger partial charge in [-0.3, -0.25) is 9.59 Å². The van der Waals surface area contributed by atoms with Crippen LogP contribution in [0.15, 0.2) is 0 Å². The van der Waals surface area contributed by atoms with Gasteiger partial charge in [0.05, 0.1) is 6.42 Å². The van der Waals surface area contributed by atoms with E-state index in [-0.39, 0.29) is 12.5 Å². The molecule has 19 heavy (non-hydrogen) atoms. The van der Waals surface area contributed by atoms with Crippen LogP contribution in [0.5, 0.6) is 0 Å². The number of amides is 3. The molecule has 3 amide bonds. The number of carboxylic acids is 1. The molecule has 1 fully saturated rings. The molecule has 1 atom stereocenters. The number of nitrogens with one attached hydrogen (secondary N) is 2. The van der Waals surface area contributed by atoms with Crippen molar-refractivity contribution in [2.24, 2.45) is 0 Å². The van der Waals surface area contributed by atoms with Crippen LogP contribution in [-0.2, 0) is 9.59 Å². The number of carboxylic acid groups (broad SMARTS) is 1. The summed E-state index contributed by atoms with van der Waals surface area (Å²) in [4.78, 5) is 35.6. The summed E-state index contributed by atoms with van der Waals surface area (Å²) in [5.41, 5.74) is 0. The SMILES string of the molecule is CSCCCNC(=O)N1CCNC(=O)C1CC(=O)O. The minimum absolute atomic E-state index is 0.331. The van der Waals surface area contributed by atoms with Crippen molar-refractivity contribution >= 4 is 29.7 Å². The fraction of sp³-hybridized carbons (Fsp3) is 0.727. The van der Waals surface area contributed by atoms with Crippen LogP contribution in [0.4, 0.5) is 4.79 Å². The van der Waals surface area contributed by atoms with Crippen molar-refractivity contribution in [3.63, 3.8) is 0 Å². The minimum atomic E-state index is -1.10. The van der Waals surface area contributed by atoms with Crippen molar-refractivity contribution in [3.05, 3.63) is 0 Å². The standard InChI is InChI=1S/C11H19N3O4S/c1-19-6-2-3-13-11(18)14-5-4-12-10(17)8(14)7-9(15)16/h8H,2-7H2,1H3,(H,12,17)(H,13,18)(H,15,16). The number of rotatable bonds is 6. The fourth-order valence-electron chi connectivity index (χ4n) is 1.84. The molecule has 1 saturated heterocycles. The maximum atomic E-state index is 11.9. The zero-order valence-electron chi connectivity index (χ0n) is 10.8. The first-order chi connectivity index (χ1) is 9.06. The first-order valence-electron chi connectivity index (χ1n) is 6.09. The molecule has 1 aliphatic heterocycles. The van der Waals surface area contributed by atoms with E-state index < -0.39 is 17.9 Å². The van der Waals surface area contributed by atoms with Gasteiger partial charge in [-0.1, -0.05) is 0 Å². The largest absolute Gasteiger partial charge is 0.481 e. The molecule has 1 heterocycles. The van der Waals surface area contributed by atoms with Gasteiger partial charge in [0.25, 0.3) is 0 Å². The summed E-state index contributed by atoms with van der Waals surface area (Å²) in [6.07, 6.45) is 2.46. The Balaban J connectivity index is 2.53. The van der Waals surface area contributed by atoms with Gasteiger partial charge < -0.3 is 20.6 Å². The molecule has 0 spiro atoms. The zero-order valence-corrected chi connectivity index (χ0v) is 11.7. The lowest BCUT2D eigenvalue weighted by Gasteiger charge is -2.34. The highest BCUT2D eigenvalue weighted by atomic mass is 32.2. The molecular formula is C11H19N3O4S. The van der Waals surface area contributed by atoms with Gasteiger partial charge in [0, 0.05) is 19.6 Å². The van der Waals surface area contributed by atoms with E-state index in [1.54, 1.807) is 11.8 Å². The van der Waals surface area contributed by atoms with Crippen LogP contribution in [0.3, 0.4) is 0 Å². The van der Waals surface area contributed by atoms with E-state index in [4.69, 9.17) is 5.11 Å². The highest BCUT2D eigenvalue weighted by Gasteiger charge is 2.34. The fourth-order valence-corrected chi connectivity index (χ4v) is 2.27.